The standard InChI is InChI=1S/C23H16N2O5S2/c1-13-2-9-17(10-3-13)32-19-11-8-16(30-19)12-18-20(26)24-23(31)25(21(18)27)15-6-4-14(5-7-15)22(28)29/h2-12H,1H3,(H,28,29)(H,24,26,31)/b18-12+. The third-order valence-corrected chi connectivity index (χ3v) is 5.82. The van der Waals surface area contributed by atoms with Crippen LogP contribution < -0.4 is 10.2 Å². The number of furan rings is 1. The van der Waals surface area contributed by atoms with E-state index in [1.54, 1.807) is 12.1 Å². The van der Waals surface area contributed by atoms with Crippen LogP contribution in [0, 0.1) is 6.92 Å². The van der Waals surface area contributed by atoms with Gasteiger partial charge in [0.25, 0.3) is 11.8 Å². The molecular formula is C23H16N2O5S2. The lowest BCUT2D eigenvalue weighted by atomic mass is 10.1. The maximum atomic E-state index is 13.0. The molecule has 1 aliphatic heterocycles. The van der Waals surface area contributed by atoms with Crippen LogP contribution in [0.3, 0.4) is 0 Å². The Hall–Kier alpha value is -3.69. The van der Waals surface area contributed by atoms with Crippen LogP contribution in [0.15, 0.2) is 80.6 Å². The van der Waals surface area contributed by atoms with Gasteiger partial charge < -0.3 is 9.52 Å². The van der Waals surface area contributed by atoms with Gasteiger partial charge in [0.2, 0.25) is 0 Å². The van der Waals surface area contributed by atoms with Crippen LogP contribution in [0.5, 0.6) is 0 Å². The molecule has 0 bridgehead atoms. The Bertz CT molecular complexity index is 1260. The first-order chi connectivity index (χ1) is 15.3. The van der Waals surface area contributed by atoms with Crippen molar-refractivity contribution in [3.8, 4) is 0 Å². The van der Waals surface area contributed by atoms with E-state index in [9.17, 15) is 14.4 Å². The van der Waals surface area contributed by atoms with Gasteiger partial charge in [-0.25, -0.2) is 4.79 Å². The first-order valence-electron chi connectivity index (χ1n) is 9.41. The summed E-state index contributed by atoms with van der Waals surface area (Å²) in [5, 5.41) is 12.1. The molecule has 32 heavy (non-hydrogen) atoms. The van der Waals surface area contributed by atoms with Gasteiger partial charge in [-0.1, -0.05) is 29.5 Å². The molecule has 0 saturated carbocycles. The minimum absolute atomic E-state index is 0.0677. The summed E-state index contributed by atoms with van der Waals surface area (Å²) in [6, 6.07) is 17.0. The highest BCUT2D eigenvalue weighted by molar-refractivity contribution is 7.99. The number of nitrogens with one attached hydrogen (secondary N) is 1. The first-order valence-corrected chi connectivity index (χ1v) is 10.6. The highest BCUT2D eigenvalue weighted by Gasteiger charge is 2.34. The quantitative estimate of drug-likeness (QED) is 0.330. The molecule has 2 heterocycles. The van der Waals surface area contributed by atoms with E-state index in [4.69, 9.17) is 21.7 Å². The van der Waals surface area contributed by atoms with Crippen molar-refractivity contribution in [1.29, 1.82) is 0 Å². The van der Waals surface area contributed by atoms with Crippen LogP contribution in [0.2, 0.25) is 0 Å². The lowest BCUT2D eigenvalue weighted by molar-refractivity contribution is -0.122. The number of carbonyl (C=O) groups is 3. The number of amides is 2. The number of anilines is 1. The highest BCUT2D eigenvalue weighted by atomic mass is 32.2. The topological polar surface area (TPSA) is 99.9 Å². The molecule has 7 nitrogen and oxygen atoms in total. The summed E-state index contributed by atoms with van der Waals surface area (Å²) in [5.74, 6) is -2.02. The van der Waals surface area contributed by atoms with Crippen LogP contribution in [0.4, 0.5) is 5.69 Å². The number of aryl methyl sites for hydroxylation is 1. The molecule has 1 saturated heterocycles. The van der Waals surface area contributed by atoms with Crippen LogP contribution in [-0.2, 0) is 9.59 Å². The Labute approximate surface area is 192 Å². The molecule has 0 atom stereocenters. The second-order valence-corrected chi connectivity index (χ2v) is 8.35. The van der Waals surface area contributed by atoms with Gasteiger partial charge in [-0.3, -0.25) is 19.8 Å². The van der Waals surface area contributed by atoms with Gasteiger partial charge in [0, 0.05) is 4.90 Å². The van der Waals surface area contributed by atoms with Gasteiger partial charge in [-0.05, 0) is 73.7 Å². The van der Waals surface area contributed by atoms with Crippen molar-refractivity contribution in [2.45, 2.75) is 16.9 Å². The zero-order valence-corrected chi connectivity index (χ0v) is 18.3. The molecule has 1 aliphatic rings. The largest absolute Gasteiger partial charge is 0.478 e. The molecule has 2 amide bonds. The van der Waals surface area contributed by atoms with E-state index in [1.807, 2.05) is 31.2 Å². The third kappa shape index (κ3) is 4.48. The van der Waals surface area contributed by atoms with Crippen LogP contribution in [0.25, 0.3) is 6.08 Å². The van der Waals surface area contributed by atoms with E-state index in [0.29, 0.717) is 16.5 Å². The van der Waals surface area contributed by atoms with Gasteiger partial charge >= 0.3 is 5.97 Å². The van der Waals surface area contributed by atoms with Gasteiger partial charge in [0.15, 0.2) is 10.2 Å². The molecule has 0 spiro atoms. The molecule has 2 N–H and O–H groups in total. The number of hydrogen-bond acceptors (Lipinski definition) is 6. The van der Waals surface area contributed by atoms with Gasteiger partial charge in [0.1, 0.15) is 11.3 Å². The predicted octanol–water partition coefficient (Wildman–Crippen LogP) is 4.27. The van der Waals surface area contributed by atoms with Crippen molar-refractivity contribution in [1.82, 2.24) is 5.32 Å². The van der Waals surface area contributed by atoms with Crippen LogP contribution >= 0.6 is 24.0 Å². The summed E-state index contributed by atoms with van der Waals surface area (Å²) in [4.78, 5) is 38.7. The fourth-order valence-corrected chi connectivity index (χ4v) is 4.04. The number of hydrogen-bond donors (Lipinski definition) is 2. The molecule has 4 rings (SSSR count). The van der Waals surface area contributed by atoms with E-state index in [0.717, 1.165) is 15.4 Å². The Kier molecular flexibility index (Phi) is 5.93. The summed E-state index contributed by atoms with van der Waals surface area (Å²) in [6.45, 7) is 2.01. The maximum Gasteiger partial charge on any atom is 0.335 e. The molecule has 2 aromatic carbocycles. The lowest BCUT2D eigenvalue weighted by Gasteiger charge is -2.28. The number of benzene rings is 2. The number of nitrogens with zero attached hydrogens (tertiary/aromatic N) is 1. The molecule has 0 aliphatic carbocycles. The number of carboxylic acid groups (broad SMARTS) is 1. The fourth-order valence-electron chi connectivity index (χ4n) is 2.98. The van der Waals surface area contributed by atoms with E-state index < -0.39 is 17.8 Å². The fraction of sp³-hybridized carbons (Fsp3) is 0.0435. The van der Waals surface area contributed by atoms with Gasteiger partial charge in [-0.2, -0.15) is 0 Å². The van der Waals surface area contributed by atoms with Crippen LogP contribution in [0.1, 0.15) is 21.7 Å². The Morgan fingerprint density at radius 3 is 2.41 bits per heavy atom. The minimum atomic E-state index is -1.09. The predicted molar refractivity (Wildman–Crippen MR) is 124 cm³/mol. The molecule has 9 heteroatoms. The molecule has 1 aromatic heterocycles. The first kappa shape index (κ1) is 21.5. The zero-order valence-electron chi connectivity index (χ0n) is 16.7. The van der Waals surface area contributed by atoms with E-state index in [1.165, 1.54) is 42.1 Å². The van der Waals surface area contributed by atoms with Crippen LogP contribution in [-0.4, -0.2) is 28.0 Å². The molecule has 160 valence electrons. The SMILES string of the molecule is Cc1ccc(Sc2ccc(/C=C3\C(=O)NC(=S)N(c4ccc(C(=O)O)cc4)C3=O)o2)cc1. The van der Waals surface area contributed by atoms with Crippen molar-refractivity contribution >= 4 is 58.6 Å². The number of thiocarbonyl (C=S) groups is 1. The Morgan fingerprint density at radius 1 is 1.06 bits per heavy atom. The number of aromatic carboxylic acids is 1. The summed E-state index contributed by atoms with van der Waals surface area (Å²) in [6.07, 6.45) is 1.36. The van der Waals surface area contributed by atoms with E-state index >= 15 is 0 Å². The lowest BCUT2D eigenvalue weighted by Crippen LogP contribution is -2.54. The second-order valence-electron chi connectivity index (χ2n) is 6.88. The molecule has 3 aromatic rings. The molecule has 0 unspecified atom stereocenters. The Balaban J connectivity index is 1.58. The smallest absolute Gasteiger partial charge is 0.335 e. The maximum absolute atomic E-state index is 13.0. The molecule has 1 fully saturated rings. The van der Waals surface area contributed by atoms with Crippen molar-refractivity contribution < 1.29 is 23.9 Å². The van der Waals surface area contributed by atoms with Crippen molar-refractivity contribution in [2.24, 2.45) is 0 Å². The average Bonchev–Trinajstić information content (AvgIpc) is 3.20. The average molecular weight is 465 g/mol. The molecule has 0 radical (unpaired) electrons. The number of carbonyl (C=O) groups excluding carboxylic acids is 2. The Morgan fingerprint density at radius 2 is 1.75 bits per heavy atom. The highest BCUT2D eigenvalue weighted by Crippen LogP contribution is 2.30. The summed E-state index contributed by atoms with van der Waals surface area (Å²) in [5.41, 5.74) is 1.41. The minimum Gasteiger partial charge on any atom is -0.478 e. The normalized spacial score (nSPS) is 15.2. The second kappa shape index (κ2) is 8.81. The van der Waals surface area contributed by atoms with Gasteiger partial charge in [0.05, 0.1) is 11.3 Å². The monoisotopic (exact) mass is 464 g/mol. The summed E-state index contributed by atoms with van der Waals surface area (Å²) >= 11 is 6.58. The summed E-state index contributed by atoms with van der Waals surface area (Å²) in [7, 11) is 0. The van der Waals surface area contributed by atoms with Gasteiger partial charge in [-0.15, -0.1) is 0 Å². The van der Waals surface area contributed by atoms with E-state index in [2.05, 4.69) is 5.32 Å². The zero-order chi connectivity index (χ0) is 22.8. The number of carboxylic acids is 1. The summed E-state index contributed by atoms with van der Waals surface area (Å²) < 4.78 is 5.76. The third-order valence-electron chi connectivity index (χ3n) is 4.60. The van der Waals surface area contributed by atoms with E-state index in [-0.39, 0.29) is 16.2 Å². The number of rotatable bonds is 5. The molecular weight excluding hydrogens is 448 g/mol. The van der Waals surface area contributed by atoms with Crippen molar-refractivity contribution in [3.63, 3.8) is 0 Å². The van der Waals surface area contributed by atoms with Crippen molar-refractivity contribution in [3.05, 3.63) is 83.1 Å². The van der Waals surface area contributed by atoms with Crippen molar-refractivity contribution in [2.75, 3.05) is 4.90 Å².